The van der Waals surface area contributed by atoms with Crippen LogP contribution >= 0.6 is 11.3 Å². The van der Waals surface area contributed by atoms with Gasteiger partial charge in [0.2, 0.25) is 0 Å². The van der Waals surface area contributed by atoms with Crippen molar-refractivity contribution >= 4 is 27.2 Å². The number of aryl methyl sites for hydroxylation is 2. The normalized spacial score (nSPS) is 10.9. The van der Waals surface area contributed by atoms with E-state index >= 15 is 0 Å². The van der Waals surface area contributed by atoms with Gasteiger partial charge in [-0.15, -0.1) is 46.7 Å². The van der Waals surface area contributed by atoms with Gasteiger partial charge in [0.1, 0.15) is 0 Å². The molecule has 0 aliphatic rings. The predicted molar refractivity (Wildman–Crippen MR) is 177 cm³/mol. The van der Waals surface area contributed by atoms with E-state index in [1.54, 1.807) is 11.3 Å². The molecule has 0 saturated heterocycles. The molecule has 0 aliphatic carbocycles. The van der Waals surface area contributed by atoms with E-state index in [0.717, 1.165) is 11.3 Å². The van der Waals surface area contributed by atoms with Crippen molar-refractivity contribution in [2.24, 2.45) is 0 Å². The van der Waals surface area contributed by atoms with E-state index in [4.69, 9.17) is 10.1 Å². The van der Waals surface area contributed by atoms with Crippen LogP contribution in [0.1, 0.15) is 25.0 Å². The summed E-state index contributed by atoms with van der Waals surface area (Å²) in [4.78, 5) is 16.0. The van der Waals surface area contributed by atoms with Gasteiger partial charge in [0, 0.05) is 37.3 Å². The topological polar surface area (TPSA) is 50.2 Å². The van der Waals surface area contributed by atoms with E-state index in [9.17, 15) is 4.79 Å². The van der Waals surface area contributed by atoms with E-state index < -0.39 is 0 Å². The number of ketones is 1. The minimum Gasteiger partial charge on any atom is -0.512 e. The Hall–Kier alpha value is -4.15. The van der Waals surface area contributed by atoms with Crippen molar-refractivity contribution in [3.63, 3.8) is 0 Å². The molecule has 1 radical (unpaired) electrons. The van der Waals surface area contributed by atoms with Gasteiger partial charge < -0.3 is 10.1 Å². The van der Waals surface area contributed by atoms with Gasteiger partial charge in [0.25, 0.3) is 0 Å². The third kappa shape index (κ3) is 7.82. The fraction of sp³-hybridized carbons (Fsp3) is 0.105. The van der Waals surface area contributed by atoms with Crippen molar-refractivity contribution in [2.75, 3.05) is 0 Å². The van der Waals surface area contributed by atoms with Crippen LogP contribution in [0.5, 0.6) is 0 Å². The maximum absolute atomic E-state index is 10.0. The summed E-state index contributed by atoms with van der Waals surface area (Å²) in [5, 5.41) is 9.58. The number of thiophene rings is 1. The minimum atomic E-state index is -0.125. The molecular formula is C38H32IrNO2S-. The average Bonchev–Trinajstić information content (AvgIpc) is 3.41. The Morgan fingerprint density at radius 2 is 1.47 bits per heavy atom. The van der Waals surface area contributed by atoms with Crippen molar-refractivity contribution < 1.29 is 30.0 Å². The molecule has 0 spiro atoms. The van der Waals surface area contributed by atoms with E-state index in [2.05, 4.69) is 111 Å². The Morgan fingerprint density at radius 3 is 2.09 bits per heavy atom. The number of aliphatic hydroxyl groups excluding tert-OH is 1. The molecule has 43 heavy (non-hydrogen) atoms. The summed E-state index contributed by atoms with van der Waals surface area (Å²) >= 11 is 1.79. The molecule has 0 fully saturated rings. The monoisotopic (exact) mass is 759 g/mol. The van der Waals surface area contributed by atoms with E-state index in [0.29, 0.717) is 0 Å². The van der Waals surface area contributed by atoms with Crippen molar-refractivity contribution in [3.8, 4) is 44.0 Å². The van der Waals surface area contributed by atoms with Crippen LogP contribution in [0.4, 0.5) is 0 Å². The molecule has 4 aromatic carbocycles. The van der Waals surface area contributed by atoms with Crippen LogP contribution in [0.15, 0.2) is 121 Å². The van der Waals surface area contributed by atoms with Gasteiger partial charge in [0.15, 0.2) is 5.78 Å². The third-order valence-corrected chi connectivity index (χ3v) is 8.07. The Balaban J connectivity index is 0.000000475. The largest absolute Gasteiger partial charge is 0.512 e. The number of benzene rings is 4. The summed E-state index contributed by atoms with van der Waals surface area (Å²) in [6.45, 7) is 7.21. The molecule has 0 unspecified atom stereocenters. The number of pyridine rings is 1. The molecule has 6 aromatic rings. The zero-order valence-electron chi connectivity index (χ0n) is 24.5. The first kappa shape index (κ1) is 31.8. The number of hydrogen-bond donors (Lipinski definition) is 1. The Bertz CT molecular complexity index is 1870. The molecule has 217 valence electrons. The van der Waals surface area contributed by atoms with Crippen LogP contribution in [0.3, 0.4) is 0 Å². The van der Waals surface area contributed by atoms with Crippen LogP contribution in [0.25, 0.3) is 54.0 Å². The molecule has 0 atom stereocenters. The van der Waals surface area contributed by atoms with Crippen molar-refractivity contribution in [1.29, 1.82) is 0 Å². The first-order valence-corrected chi connectivity index (χ1v) is 14.6. The fourth-order valence-corrected chi connectivity index (χ4v) is 6.04. The molecule has 2 aromatic heterocycles. The van der Waals surface area contributed by atoms with Crippen LogP contribution < -0.4 is 0 Å². The SMILES string of the molecule is CC(=O)/C=C(/C)O.Cc1cccc(C)c1-c1ccc(-c2cc3cc(-c4[c-]ccc(-c5ccccc5)c4)ncc3s2)cc1.[Ir]. The number of allylic oxidation sites excluding steroid dienone is 2. The quantitative estimate of drug-likeness (QED) is 0.108. The molecule has 0 aliphatic heterocycles. The molecular weight excluding hydrogens is 727 g/mol. The number of hydrogen-bond acceptors (Lipinski definition) is 4. The molecule has 5 heteroatoms. The zero-order valence-corrected chi connectivity index (χ0v) is 27.7. The van der Waals surface area contributed by atoms with Gasteiger partial charge in [-0.2, -0.15) is 0 Å². The fourth-order valence-electron chi connectivity index (χ4n) is 5.02. The number of nitrogens with zero attached hydrogens (tertiary/aromatic N) is 1. The number of fused-ring (bicyclic) bond motifs is 1. The van der Waals surface area contributed by atoms with Crippen LogP contribution in [0.2, 0.25) is 0 Å². The van der Waals surface area contributed by atoms with E-state index in [1.807, 2.05) is 18.3 Å². The van der Waals surface area contributed by atoms with Crippen LogP contribution in [-0.4, -0.2) is 15.9 Å². The first-order chi connectivity index (χ1) is 20.3. The maximum atomic E-state index is 10.0. The molecule has 2 heterocycles. The number of rotatable bonds is 5. The predicted octanol–water partition coefficient (Wildman–Crippen LogP) is 10.4. The van der Waals surface area contributed by atoms with Crippen LogP contribution in [0, 0.1) is 19.9 Å². The van der Waals surface area contributed by atoms with Gasteiger partial charge in [-0.3, -0.25) is 4.79 Å². The maximum Gasteiger partial charge on any atom is 0.155 e. The standard InChI is InChI=1S/C33H24NS.C5H8O2.Ir/c1-22-8-6-9-23(2)33(22)26-16-14-25(15-17-26)31-20-29-19-30(34-21-32(29)35-31)28-13-7-12-27(18-28)24-10-4-3-5-11-24;1-4(6)3-5(2)7;/h3-12,14-21H,1-2H3;3,6H,1-2H3;/q-1;;/b;4-3-;. The average molecular weight is 759 g/mol. The van der Waals surface area contributed by atoms with Crippen molar-refractivity contribution in [2.45, 2.75) is 27.7 Å². The van der Waals surface area contributed by atoms with Gasteiger partial charge in [0.05, 0.1) is 10.5 Å². The zero-order chi connectivity index (χ0) is 29.6. The third-order valence-electron chi connectivity index (χ3n) is 6.94. The summed E-state index contributed by atoms with van der Waals surface area (Å²) in [6.07, 6.45) is 3.16. The van der Waals surface area contributed by atoms with Gasteiger partial charge in [-0.05, 0) is 78.2 Å². The van der Waals surface area contributed by atoms with Gasteiger partial charge in [-0.25, -0.2) is 0 Å². The molecule has 0 bridgehead atoms. The Morgan fingerprint density at radius 1 is 0.791 bits per heavy atom. The second-order valence-electron chi connectivity index (χ2n) is 10.3. The number of carbonyl (C=O) groups excluding carboxylic acids is 1. The van der Waals surface area contributed by atoms with Gasteiger partial charge >= 0.3 is 0 Å². The summed E-state index contributed by atoms with van der Waals surface area (Å²) in [6, 6.07) is 40.0. The molecule has 1 N–H and O–H groups in total. The summed E-state index contributed by atoms with van der Waals surface area (Å²) in [5.74, 6) is -0.0625. The number of carbonyl (C=O) groups is 1. The van der Waals surface area contributed by atoms with Crippen molar-refractivity contribution in [3.05, 3.63) is 138 Å². The van der Waals surface area contributed by atoms with Gasteiger partial charge in [-0.1, -0.05) is 78.9 Å². The van der Waals surface area contributed by atoms with E-state index in [-0.39, 0.29) is 31.6 Å². The second-order valence-corrected chi connectivity index (χ2v) is 11.4. The molecule has 0 amide bonds. The summed E-state index contributed by atoms with van der Waals surface area (Å²) in [7, 11) is 0. The molecule has 3 nitrogen and oxygen atoms in total. The summed E-state index contributed by atoms with van der Waals surface area (Å²) < 4.78 is 1.20. The van der Waals surface area contributed by atoms with E-state index in [1.165, 1.54) is 73.8 Å². The Labute approximate surface area is 271 Å². The summed E-state index contributed by atoms with van der Waals surface area (Å²) in [5.41, 5.74) is 10.8. The molecule has 0 saturated carbocycles. The first-order valence-electron chi connectivity index (χ1n) is 13.8. The number of aromatic nitrogens is 1. The minimum absolute atomic E-state index is 0. The smallest absolute Gasteiger partial charge is 0.155 e. The number of aliphatic hydroxyl groups is 1. The van der Waals surface area contributed by atoms with Crippen LogP contribution in [-0.2, 0) is 24.9 Å². The Kier molecular flexibility index (Phi) is 10.6. The second kappa shape index (κ2) is 14.3. The molecule has 6 rings (SSSR count). The van der Waals surface area contributed by atoms with Crippen molar-refractivity contribution in [1.82, 2.24) is 4.98 Å².